The third-order valence-corrected chi connectivity index (χ3v) is 4.19. The van der Waals surface area contributed by atoms with Crippen LogP contribution in [0, 0.1) is 11.3 Å². The number of hydrogen-bond donors (Lipinski definition) is 1. The Hall–Kier alpha value is -0.900. The molecule has 0 heterocycles. The number of carbonyl (C=O) groups is 2. The molecule has 2 fully saturated rings. The van der Waals surface area contributed by atoms with Gasteiger partial charge in [-0.3, -0.25) is 9.59 Å². The van der Waals surface area contributed by atoms with Crippen LogP contribution in [-0.2, 0) is 14.3 Å². The molecule has 4 heteroatoms. The summed E-state index contributed by atoms with van der Waals surface area (Å²) in [5, 5.41) is 10.4. The fraction of sp³-hybridized carbons (Fsp3) is 0.818. The Kier molecular flexibility index (Phi) is 2.15. The van der Waals surface area contributed by atoms with Gasteiger partial charge in [0.05, 0.1) is 7.11 Å². The number of esters is 1. The van der Waals surface area contributed by atoms with Crippen LogP contribution < -0.4 is 0 Å². The van der Waals surface area contributed by atoms with Gasteiger partial charge in [-0.1, -0.05) is 6.92 Å². The molecule has 0 radical (unpaired) electrons. The van der Waals surface area contributed by atoms with E-state index in [1.165, 1.54) is 7.11 Å². The molecule has 84 valence electrons. The lowest BCUT2D eigenvalue weighted by Crippen LogP contribution is -2.51. The number of methoxy groups -OCH3 is 1. The maximum absolute atomic E-state index is 11.8. The van der Waals surface area contributed by atoms with Gasteiger partial charge in [0.2, 0.25) is 0 Å². The number of aliphatic hydroxyl groups is 1. The molecule has 0 aromatic heterocycles. The van der Waals surface area contributed by atoms with Gasteiger partial charge >= 0.3 is 5.97 Å². The van der Waals surface area contributed by atoms with Crippen molar-refractivity contribution in [2.24, 2.45) is 11.3 Å². The van der Waals surface area contributed by atoms with Crippen molar-refractivity contribution in [3.05, 3.63) is 0 Å². The minimum absolute atomic E-state index is 0.120. The molecule has 0 spiro atoms. The Morgan fingerprint density at radius 2 is 2.20 bits per heavy atom. The summed E-state index contributed by atoms with van der Waals surface area (Å²) in [6.45, 7) is 1.85. The summed E-state index contributed by atoms with van der Waals surface area (Å²) >= 11 is 0. The van der Waals surface area contributed by atoms with Gasteiger partial charge in [0, 0.05) is 6.42 Å². The van der Waals surface area contributed by atoms with Crippen molar-refractivity contribution in [3.63, 3.8) is 0 Å². The number of carbonyl (C=O) groups excluding carboxylic acids is 2. The second-order valence-corrected chi connectivity index (χ2v) is 4.71. The smallest absolute Gasteiger partial charge is 0.315 e. The van der Waals surface area contributed by atoms with E-state index in [0.29, 0.717) is 19.3 Å². The first kappa shape index (κ1) is 10.6. The fourth-order valence-electron chi connectivity index (χ4n) is 3.37. The van der Waals surface area contributed by atoms with Crippen LogP contribution >= 0.6 is 0 Å². The molecule has 2 aliphatic carbocycles. The van der Waals surface area contributed by atoms with Gasteiger partial charge in [-0.2, -0.15) is 0 Å². The van der Waals surface area contributed by atoms with Gasteiger partial charge in [-0.25, -0.2) is 0 Å². The number of fused-ring (bicyclic) bond motifs is 1. The molecule has 2 rings (SSSR count). The van der Waals surface area contributed by atoms with Crippen LogP contribution in [0.5, 0.6) is 0 Å². The van der Waals surface area contributed by atoms with Crippen LogP contribution in [-0.4, -0.2) is 29.6 Å². The summed E-state index contributed by atoms with van der Waals surface area (Å²) in [6, 6.07) is 0. The summed E-state index contributed by atoms with van der Waals surface area (Å²) in [5.41, 5.74) is -2.43. The van der Waals surface area contributed by atoms with E-state index >= 15 is 0 Å². The van der Waals surface area contributed by atoms with E-state index < -0.39 is 17.0 Å². The molecule has 0 saturated heterocycles. The first-order valence-electron chi connectivity index (χ1n) is 5.33. The quantitative estimate of drug-likeness (QED) is 0.649. The maximum atomic E-state index is 11.8. The van der Waals surface area contributed by atoms with E-state index in [2.05, 4.69) is 0 Å². The van der Waals surface area contributed by atoms with E-state index in [4.69, 9.17) is 4.74 Å². The predicted octanol–water partition coefficient (Wildman–Crippen LogP) is 0.670. The van der Waals surface area contributed by atoms with Crippen LogP contribution in [0.2, 0.25) is 0 Å². The van der Waals surface area contributed by atoms with Crippen LogP contribution in [0.4, 0.5) is 0 Å². The zero-order chi connectivity index (χ0) is 11.3. The number of Topliss-reactive ketones (excluding diaryl/α,β-unsaturated/α-hetero) is 1. The summed E-state index contributed by atoms with van der Waals surface area (Å²) in [5.74, 6) is -0.747. The third-order valence-electron chi connectivity index (χ3n) is 4.19. The zero-order valence-corrected chi connectivity index (χ0v) is 9.08. The van der Waals surface area contributed by atoms with Gasteiger partial charge in [0.15, 0.2) is 5.78 Å². The van der Waals surface area contributed by atoms with Crippen molar-refractivity contribution in [2.45, 2.75) is 38.2 Å². The highest BCUT2D eigenvalue weighted by Gasteiger charge is 2.70. The largest absolute Gasteiger partial charge is 0.468 e. The first-order chi connectivity index (χ1) is 6.99. The number of ketones is 1. The Morgan fingerprint density at radius 3 is 2.80 bits per heavy atom. The molecular formula is C11H16O4. The normalized spacial score (nSPS) is 44.2. The minimum atomic E-state index is -1.46. The highest BCUT2D eigenvalue weighted by molar-refractivity contribution is 5.99. The van der Waals surface area contributed by atoms with Gasteiger partial charge in [-0.05, 0) is 25.2 Å². The molecule has 1 N–H and O–H groups in total. The molecule has 0 unspecified atom stereocenters. The lowest BCUT2D eigenvalue weighted by molar-refractivity contribution is -0.171. The number of ether oxygens (including phenoxy) is 1. The average Bonchev–Trinajstić information content (AvgIpc) is 2.64. The molecule has 0 aromatic carbocycles. The summed E-state index contributed by atoms with van der Waals surface area (Å²) in [4.78, 5) is 23.6. The second kappa shape index (κ2) is 3.04. The molecule has 0 amide bonds. The Balaban J connectivity index is 2.51. The highest BCUT2D eigenvalue weighted by atomic mass is 16.5. The predicted molar refractivity (Wildman–Crippen MR) is 52.0 cm³/mol. The zero-order valence-electron chi connectivity index (χ0n) is 9.08. The number of rotatable bonds is 1. The lowest BCUT2D eigenvalue weighted by atomic mass is 9.72. The second-order valence-electron chi connectivity index (χ2n) is 4.71. The number of hydrogen-bond acceptors (Lipinski definition) is 4. The average molecular weight is 212 g/mol. The van der Waals surface area contributed by atoms with E-state index in [1.807, 2.05) is 6.92 Å². The molecule has 0 aromatic rings. The summed E-state index contributed by atoms with van der Waals surface area (Å²) < 4.78 is 4.77. The molecule has 3 atom stereocenters. The molecule has 0 aliphatic heterocycles. The summed E-state index contributed by atoms with van der Waals surface area (Å²) in [7, 11) is 1.31. The van der Waals surface area contributed by atoms with Crippen molar-refractivity contribution in [1.82, 2.24) is 0 Å². The third kappa shape index (κ3) is 1.00. The van der Waals surface area contributed by atoms with Crippen LogP contribution in [0.3, 0.4) is 0 Å². The van der Waals surface area contributed by atoms with Crippen LogP contribution in [0.1, 0.15) is 32.6 Å². The molecular weight excluding hydrogens is 196 g/mol. The van der Waals surface area contributed by atoms with Crippen molar-refractivity contribution >= 4 is 11.8 Å². The van der Waals surface area contributed by atoms with E-state index in [1.54, 1.807) is 0 Å². The first-order valence-corrected chi connectivity index (χ1v) is 5.33. The minimum Gasteiger partial charge on any atom is -0.468 e. The monoisotopic (exact) mass is 212 g/mol. The van der Waals surface area contributed by atoms with Gasteiger partial charge in [-0.15, -0.1) is 0 Å². The topological polar surface area (TPSA) is 63.6 Å². The van der Waals surface area contributed by atoms with Crippen molar-refractivity contribution in [3.8, 4) is 0 Å². The SMILES string of the molecule is COC(=O)[C@@]12CCC[C@]1(O)C(=O)C[C@H]2C. The van der Waals surface area contributed by atoms with Crippen LogP contribution in [0.15, 0.2) is 0 Å². The maximum Gasteiger partial charge on any atom is 0.315 e. The van der Waals surface area contributed by atoms with E-state index in [0.717, 1.165) is 0 Å². The Labute approximate surface area is 88.6 Å². The van der Waals surface area contributed by atoms with Gasteiger partial charge in [0.25, 0.3) is 0 Å². The molecule has 4 nitrogen and oxygen atoms in total. The molecule has 0 bridgehead atoms. The van der Waals surface area contributed by atoms with E-state index in [-0.39, 0.29) is 18.1 Å². The van der Waals surface area contributed by atoms with Crippen LogP contribution in [0.25, 0.3) is 0 Å². The fourth-order valence-corrected chi connectivity index (χ4v) is 3.37. The summed E-state index contributed by atoms with van der Waals surface area (Å²) in [6.07, 6.45) is 1.95. The van der Waals surface area contributed by atoms with Crippen molar-refractivity contribution < 1.29 is 19.4 Å². The molecule has 2 saturated carbocycles. The van der Waals surface area contributed by atoms with Crippen molar-refractivity contribution in [1.29, 1.82) is 0 Å². The molecule has 2 aliphatic rings. The highest BCUT2D eigenvalue weighted by Crippen LogP contribution is 2.58. The van der Waals surface area contributed by atoms with Gasteiger partial charge < -0.3 is 9.84 Å². The standard InChI is InChI=1S/C11H16O4/c1-7-6-8(12)11(14)5-3-4-10(7,11)9(13)15-2/h7,14H,3-6H2,1-2H3/t7-,10+,11+/m1/s1. The van der Waals surface area contributed by atoms with Gasteiger partial charge in [0.1, 0.15) is 11.0 Å². The van der Waals surface area contributed by atoms with E-state index in [9.17, 15) is 14.7 Å². The van der Waals surface area contributed by atoms with Crippen molar-refractivity contribution in [2.75, 3.05) is 7.11 Å². The Morgan fingerprint density at radius 1 is 1.53 bits per heavy atom. The lowest BCUT2D eigenvalue weighted by Gasteiger charge is -2.35. The Bertz CT molecular complexity index is 325. The molecule has 15 heavy (non-hydrogen) atoms.